The van der Waals surface area contributed by atoms with Crippen molar-refractivity contribution >= 4 is 5.91 Å². The van der Waals surface area contributed by atoms with E-state index >= 15 is 0 Å². The molecule has 0 saturated carbocycles. The highest BCUT2D eigenvalue weighted by Crippen LogP contribution is 2.11. The van der Waals surface area contributed by atoms with E-state index in [0.29, 0.717) is 12.3 Å². The molecule has 1 fully saturated rings. The molecule has 1 saturated heterocycles. The third kappa shape index (κ3) is 11.5. The van der Waals surface area contributed by atoms with Crippen LogP contribution in [0.25, 0.3) is 0 Å². The summed E-state index contributed by atoms with van der Waals surface area (Å²) in [6, 6.07) is 0. The van der Waals surface area contributed by atoms with Crippen LogP contribution in [0.4, 0.5) is 0 Å². The Morgan fingerprint density at radius 1 is 0.792 bits per heavy atom. The lowest BCUT2D eigenvalue weighted by Crippen LogP contribution is -2.26. The molecule has 1 heterocycles. The van der Waals surface area contributed by atoms with E-state index < -0.39 is 0 Å². The van der Waals surface area contributed by atoms with Crippen molar-refractivity contribution in [2.75, 3.05) is 13.1 Å². The molecule has 1 rings (SSSR count). The van der Waals surface area contributed by atoms with E-state index in [9.17, 15) is 4.79 Å². The van der Waals surface area contributed by atoms with E-state index in [1.807, 2.05) is 4.90 Å². The van der Waals surface area contributed by atoms with Crippen LogP contribution in [0.15, 0.2) is 24.3 Å². The standard InChI is InChI=1S/C22H39NO/c1-2-3-4-5-6-7-8-9-10-11-12-13-14-15-16-19-22(24)23-20-17-18-21-23/h11-12,14-15H,2-10,13,16-21H2,1H3. The van der Waals surface area contributed by atoms with Crippen LogP contribution in [0.5, 0.6) is 0 Å². The number of amides is 1. The number of hydrogen-bond donors (Lipinski definition) is 0. The van der Waals surface area contributed by atoms with Crippen LogP contribution in [-0.4, -0.2) is 23.9 Å². The Morgan fingerprint density at radius 2 is 1.38 bits per heavy atom. The highest BCUT2D eigenvalue weighted by atomic mass is 16.2. The van der Waals surface area contributed by atoms with E-state index in [1.54, 1.807) is 0 Å². The monoisotopic (exact) mass is 333 g/mol. The van der Waals surface area contributed by atoms with Crippen molar-refractivity contribution in [2.24, 2.45) is 0 Å². The first-order valence-corrected chi connectivity index (χ1v) is 10.4. The van der Waals surface area contributed by atoms with Crippen LogP contribution in [0.2, 0.25) is 0 Å². The molecule has 0 bridgehead atoms. The summed E-state index contributed by atoms with van der Waals surface area (Å²) in [6.07, 6.45) is 26.2. The molecule has 24 heavy (non-hydrogen) atoms. The van der Waals surface area contributed by atoms with Crippen molar-refractivity contribution in [1.82, 2.24) is 4.90 Å². The SMILES string of the molecule is CCCCCCCCCCC=CCC=CCCC(=O)N1CCCC1. The third-order valence-corrected chi connectivity index (χ3v) is 4.81. The first kappa shape index (κ1) is 21.0. The Hall–Kier alpha value is -1.05. The Labute approximate surface area is 150 Å². The molecule has 2 nitrogen and oxygen atoms in total. The van der Waals surface area contributed by atoms with Gasteiger partial charge in [-0.1, -0.05) is 76.2 Å². The van der Waals surface area contributed by atoms with Gasteiger partial charge in [0.25, 0.3) is 0 Å². The Balaban J connectivity index is 1.84. The average molecular weight is 334 g/mol. The molecule has 0 atom stereocenters. The summed E-state index contributed by atoms with van der Waals surface area (Å²) in [5.41, 5.74) is 0. The molecule has 1 aliphatic heterocycles. The zero-order chi connectivity index (χ0) is 17.3. The van der Waals surface area contributed by atoms with Gasteiger partial charge in [-0.2, -0.15) is 0 Å². The molecule has 138 valence electrons. The van der Waals surface area contributed by atoms with Gasteiger partial charge in [-0.3, -0.25) is 4.79 Å². The van der Waals surface area contributed by atoms with Gasteiger partial charge in [0.15, 0.2) is 0 Å². The molecule has 0 unspecified atom stereocenters. The lowest BCUT2D eigenvalue weighted by Gasteiger charge is -2.13. The fraction of sp³-hybridized carbons (Fsp3) is 0.773. The summed E-state index contributed by atoms with van der Waals surface area (Å²) in [4.78, 5) is 13.9. The van der Waals surface area contributed by atoms with Crippen molar-refractivity contribution in [3.8, 4) is 0 Å². The normalized spacial score (nSPS) is 15.1. The molecular weight excluding hydrogens is 294 g/mol. The smallest absolute Gasteiger partial charge is 0.222 e. The highest BCUT2D eigenvalue weighted by Gasteiger charge is 2.16. The second-order valence-electron chi connectivity index (χ2n) is 7.07. The van der Waals surface area contributed by atoms with Crippen molar-refractivity contribution in [3.63, 3.8) is 0 Å². The number of unbranched alkanes of at least 4 members (excludes halogenated alkanes) is 8. The Kier molecular flexibility index (Phi) is 13.5. The van der Waals surface area contributed by atoms with Crippen molar-refractivity contribution in [1.29, 1.82) is 0 Å². The number of nitrogens with zero attached hydrogens (tertiary/aromatic N) is 1. The van der Waals surface area contributed by atoms with Crippen LogP contribution in [0.1, 0.15) is 96.8 Å². The van der Waals surface area contributed by atoms with Crippen LogP contribution >= 0.6 is 0 Å². The Bertz CT molecular complexity index is 353. The molecule has 0 aromatic heterocycles. The fourth-order valence-electron chi connectivity index (χ4n) is 3.23. The van der Waals surface area contributed by atoms with Crippen molar-refractivity contribution < 1.29 is 4.79 Å². The first-order valence-electron chi connectivity index (χ1n) is 10.4. The first-order chi connectivity index (χ1) is 11.8. The maximum atomic E-state index is 11.9. The molecule has 0 N–H and O–H groups in total. The number of rotatable bonds is 14. The number of carbonyl (C=O) groups excluding carboxylic acids is 1. The number of hydrogen-bond acceptors (Lipinski definition) is 1. The molecular formula is C22H39NO. The minimum Gasteiger partial charge on any atom is -0.343 e. The van der Waals surface area contributed by atoms with E-state index in [2.05, 4.69) is 31.2 Å². The van der Waals surface area contributed by atoms with Crippen LogP contribution in [0, 0.1) is 0 Å². The van der Waals surface area contributed by atoms with Crippen LogP contribution < -0.4 is 0 Å². The molecule has 2 heteroatoms. The van der Waals surface area contributed by atoms with Gasteiger partial charge in [-0.25, -0.2) is 0 Å². The molecule has 0 spiro atoms. The minimum absolute atomic E-state index is 0.336. The van der Waals surface area contributed by atoms with Gasteiger partial charge in [0.1, 0.15) is 0 Å². The third-order valence-electron chi connectivity index (χ3n) is 4.81. The number of allylic oxidation sites excluding steroid dienone is 4. The van der Waals surface area contributed by atoms with Crippen LogP contribution in [-0.2, 0) is 4.79 Å². The van der Waals surface area contributed by atoms with Crippen molar-refractivity contribution in [2.45, 2.75) is 96.8 Å². The van der Waals surface area contributed by atoms with Gasteiger partial charge in [-0.05, 0) is 38.5 Å². The summed E-state index contributed by atoms with van der Waals surface area (Å²) in [6.45, 7) is 4.23. The van der Waals surface area contributed by atoms with Crippen molar-refractivity contribution in [3.05, 3.63) is 24.3 Å². The Morgan fingerprint density at radius 3 is 2.04 bits per heavy atom. The molecule has 1 aliphatic rings. The summed E-state index contributed by atoms with van der Waals surface area (Å²) < 4.78 is 0. The summed E-state index contributed by atoms with van der Waals surface area (Å²) in [5.74, 6) is 0.336. The molecule has 1 amide bonds. The zero-order valence-corrected chi connectivity index (χ0v) is 16.0. The maximum Gasteiger partial charge on any atom is 0.222 e. The molecule has 0 aliphatic carbocycles. The lowest BCUT2D eigenvalue weighted by atomic mass is 10.1. The lowest BCUT2D eigenvalue weighted by molar-refractivity contribution is -0.130. The number of likely N-dealkylation sites (tertiary alicyclic amines) is 1. The van der Waals surface area contributed by atoms with Gasteiger partial charge in [0, 0.05) is 19.5 Å². The maximum absolute atomic E-state index is 11.9. The molecule has 0 radical (unpaired) electrons. The van der Waals surface area contributed by atoms with Gasteiger partial charge >= 0.3 is 0 Å². The second-order valence-corrected chi connectivity index (χ2v) is 7.07. The highest BCUT2D eigenvalue weighted by molar-refractivity contribution is 5.76. The van der Waals surface area contributed by atoms with E-state index in [1.165, 1.54) is 70.6 Å². The summed E-state index contributed by atoms with van der Waals surface area (Å²) in [5, 5.41) is 0. The average Bonchev–Trinajstić information content (AvgIpc) is 3.13. The van der Waals surface area contributed by atoms with Gasteiger partial charge in [0.05, 0.1) is 0 Å². The number of carbonyl (C=O) groups is 1. The minimum atomic E-state index is 0.336. The van der Waals surface area contributed by atoms with E-state index in [4.69, 9.17) is 0 Å². The molecule has 0 aromatic rings. The van der Waals surface area contributed by atoms with Gasteiger partial charge < -0.3 is 4.90 Å². The van der Waals surface area contributed by atoms with Gasteiger partial charge in [-0.15, -0.1) is 0 Å². The second kappa shape index (κ2) is 15.5. The van der Waals surface area contributed by atoms with Gasteiger partial charge in [0.2, 0.25) is 5.91 Å². The quantitative estimate of drug-likeness (QED) is 0.265. The van der Waals surface area contributed by atoms with E-state index in [0.717, 1.165) is 25.9 Å². The van der Waals surface area contributed by atoms with Crippen LogP contribution in [0.3, 0.4) is 0 Å². The zero-order valence-electron chi connectivity index (χ0n) is 16.0. The predicted octanol–water partition coefficient (Wildman–Crippen LogP) is 6.42. The largest absolute Gasteiger partial charge is 0.343 e. The molecule has 0 aromatic carbocycles. The topological polar surface area (TPSA) is 20.3 Å². The summed E-state index contributed by atoms with van der Waals surface area (Å²) >= 11 is 0. The fourth-order valence-corrected chi connectivity index (χ4v) is 3.23. The predicted molar refractivity (Wildman–Crippen MR) is 105 cm³/mol. The summed E-state index contributed by atoms with van der Waals surface area (Å²) in [7, 11) is 0. The van der Waals surface area contributed by atoms with E-state index in [-0.39, 0.29) is 0 Å².